The van der Waals surface area contributed by atoms with E-state index in [4.69, 9.17) is 0 Å². The molecule has 0 aromatic heterocycles. The maximum Gasteiger partial charge on any atom is 0.241 e. The zero-order valence-corrected chi connectivity index (χ0v) is 12.2. The molecule has 110 valence electrons. The normalized spacial score (nSPS) is 28.3. The van der Waals surface area contributed by atoms with Gasteiger partial charge in [-0.3, -0.25) is 4.79 Å². The summed E-state index contributed by atoms with van der Waals surface area (Å²) in [5.41, 5.74) is 0.490. The molecule has 1 saturated carbocycles. The molecule has 1 amide bonds. The zero-order valence-electron chi connectivity index (χ0n) is 11.3. The number of phenolic OH excluding ortho intramolecular Hbond substituents is 1. The van der Waals surface area contributed by atoms with Crippen molar-refractivity contribution in [3.8, 4) is 5.75 Å². The summed E-state index contributed by atoms with van der Waals surface area (Å²) in [6.45, 7) is 0. The van der Waals surface area contributed by atoms with E-state index in [1.807, 2.05) is 0 Å². The van der Waals surface area contributed by atoms with Gasteiger partial charge in [-0.25, -0.2) is 0 Å². The minimum absolute atomic E-state index is 0. The Morgan fingerprint density at radius 3 is 2.75 bits per heavy atom. The lowest BCUT2D eigenvalue weighted by Gasteiger charge is -2.24. The highest BCUT2D eigenvalue weighted by molar-refractivity contribution is 5.96. The molecular weight excluding hydrogens is 276 g/mol. The van der Waals surface area contributed by atoms with E-state index in [2.05, 4.69) is 10.6 Å². The third-order valence-corrected chi connectivity index (χ3v) is 4.34. The Bertz CT molecular complexity index is 467. The molecule has 0 spiro atoms. The number of amides is 1. The van der Waals surface area contributed by atoms with Gasteiger partial charge in [0.2, 0.25) is 5.91 Å². The van der Waals surface area contributed by atoms with E-state index in [1.165, 1.54) is 25.7 Å². The quantitative estimate of drug-likeness (QED) is 0.735. The van der Waals surface area contributed by atoms with Gasteiger partial charge in [0.05, 0.1) is 11.7 Å². The molecule has 0 bridgehead atoms. The van der Waals surface area contributed by atoms with Crippen molar-refractivity contribution < 1.29 is 9.90 Å². The lowest BCUT2D eigenvalue weighted by atomic mass is 9.85. The fourth-order valence-electron chi connectivity index (χ4n) is 3.32. The van der Waals surface area contributed by atoms with Crippen LogP contribution in [0.15, 0.2) is 24.3 Å². The molecule has 3 atom stereocenters. The number of para-hydroxylation sites is 2. The number of rotatable bonds is 2. The molecule has 1 aliphatic heterocycles. The second kappa shape index (κ2) is 6.46. The molecule has 1 heterocycles. The average Bonchev–Trinajstić information content (AvgIpc) is 2.85. The van der Waals surface area contributed by atoms with E-state index < -0.39 is 0 Å². The molecule has 0 radical (unpaired) electrons. The molecular formula is C15H21ClN2O2. The molecule has 1 saturated heterocycles. The van der Waals surface area contributed by atoms with Crippen LogP contribution in [0.1, 0.15) is 32.1 Å². The molecule has 1 aromatic rings. The van der Waals surface area contributed by atoms with E-state index in [9.17, 15) is 9.90 Å². The number of carbonyl (C=O) groups excluding carboxylic acids is 1. The maximum atomic E-state index is 12.2. The van der Waals surface area contributed by atoms with E-state index >= 15 is 0 Å². The Balaban J connectivity index is 0.00000147. The fourth-order valence-corrected chi connectivity index (χ4v) is 3.32. The van der Waals surface area contributed by atoms with E-state index in [1.54, 1.807) is 24.3 Å². The van der Waals surface area contributed by atoms with Crippen LogP contribution in [0.4, 0.5) is 5.69 Å². The van der Waals surface area contributed by atoms with Gasteiger partial charge in [0.1, 0.15) is 5.75 Å². The number of halogens is 1. The van der Waals surface area contributed by atoms with Crippen molar-refractivity contribution in [1.29, 1.82) is 0 Å². The van der Waals surface area contributed by atoms with Gasteiger partial charge in [0.15, 0.2) is 0 Å². The van der Waals surface area contributed by atoms with E-state index in [-0.39, 0.29) is 30.1 Å². The third kappa shape index (κ3) is 3.07. The molecule has 4 nitrogen and oxygen atoms in total. The molecule has 1 aromatic carbocycles. The minimum atomic E-state index is -0.118. The summed E-state index contributed by atoms with van der Waals surface area (Å²) >= 11 is 0. The third-order valence-electron chi connectivity index (χ3n) is 4.34. The number of phenols is 1. The first-order valence-electron chi connectivity index (χ1n) is 7.09. The van der Waals surface area contributed by atoms with Crippen molar-refractivity contribution in [1.82, 2.24) is 5.32 Å². The largest absolute Gasteiger partial charge is 0.506 e. The average molecular weight is 297 g/mol. The van der Waals surface area contributed by atoms with Crippen molar-refractivity contribution >= 4 is 24.0 Å². The van der Waals surface area contributed by atoms with Crippen LogP contribution in [0.2, 0.25) is 0 Å². The predicted octanol–water partition coefficient (Wildman–Crippen LogP) is 2.67. The molecule has 3 N–H and O–H groups in total. The maximum absolute atomic E-state index is 12.2. The Hall–Kier alpha value is -1.26. The Kier molecular flexibility index (Phi) is 4.89. The highest BCUT2D eigenvalue weighted by Crippen LogP contribution is 2.33. The number of fused-ring (bicyclic) bond motifs is 1. The summed E-state index contributed by atoms with van der Waals surface area (Å²) in [5, 5.41) is 15.9. The Morgan fingerprint density at radius 2 is 2.00 bits per heavy atom. The number of hydrogen-bond donors (Lipinski definition) is 3. The topological polar surface area (TPSA) is 61.4 Å². The predicted molar refractivity (Wildman–Crippen MR) is 81.3 cm³/mol. The highest BCUT2D eigenvalue weighted by atomic mass is 35.5. The van der Waals surface area contributed by atoms with Crippen LogP contribution in [0.5, 0.6) is 5.75 Å². The molecule has 5 heteroatoms. The van der Waals surface area contributed by atoms with Crippen LogP contribution >= 0.6 is 12.4 Å². The van der Waals surface area contributed by atoms with Crippen molar-refractivity contribution in [3.63, 3.8) is 0 Å². The van der Waals surface area contributed by atoms with Crippen molar-refractivity contribution in [2.24, 2.45) is 5.92 Å². The van der Waals surface area contributed by atoms with Gasteiger partial charge in [0.25, 0.3) is 0 Å². The molecule has 3 rings (SSSR count). The number of benzene rings is 1. The summed E-state index contributed by atoms with van der Waals surface area (Å²) in [6.07, 6.45) is 5.89. The van der Waals surface area contributed by atoms with Gasteiger partial charge < -0.3 is 15.7 Å². The number of anilines is 1. The number of carbonyl (C=O) groups is 1. The van der Waals surface area contributed by atoms with Crippen molar-refractivity contribution in [2.75, 3.05) is 5.32 Å². The standard InChI is InChI=1S/C15H20N2O2.ClH/c18-14-8-4-3-7-12(14)17-15(19)13-9-10-5-1-2-6-11(10)16-13;/h3-4,7-8,10-11,13,16,18H,1-2,5-6,9H2,(H,17,19);1H. The second-order valence-electron chi connectivity index (χ2n) is 5.61. The SMILES string of the molecule is Cl.O=C(Nc1ccccc1O)C1CC2CCCCC2N1. The summed E-state index contributed by atoms with van der Waals surface area (Å²) in [7, 11) is 0. The summed E-state index contributed by atoms with van der Waals surface area (Å²) in [6, 6.07) is 7.23. The summed E-state index contributed by atoms with van der Waals surface area (Å²) in [4.78, 5) is 12.2. The van der Waals surface area contributed by atoms with Crippen LogP contribution in [-0.4, -0.2) is 23.1 Å². The number of aromatic hydroxyl groups is 1. The number of hydrogen-bond acceptors (Lipinski definition) is 3. The Morgan fingerprint density at radius 1 is 1.25 bits per heavy atom. The van der Waals surface area contributed by atoms with E-state index in [0.29, 0.717) is 17.6 Å². The molecule has 2 aliphatic rings. The Labute approximate surface area is 125 Å². The molecule has 3 unspecified atom stereocenters. The lowest BCUT2D eigenvalue weighted by molar-refractivity contribution is -0.117. The summed E-state index contributed by atoms with van der Waals surface area (Å²) < 4.78 is 0. The van der Waals surface area contributed by atoms with E-state index in [0.717, 1.165) is 6.42 Å². The van der Waals surface area contributed by atoms with Crippen LogP contribution in [0.25, 0.3) is 0 Å². The van der Waals surface area contributed by atoms with Gasteiger partial charge in [0, 0.05) is 6.04 Å². The van der Waals surface area contributed by atoms with Gasteiger partial charge >= 0.3 is 0 Å². The first-order chi connectivity index (χ1) is 9.24. The van der Waals surface area contributed by atoms with Gasteiger partial charge in [-0.1, -0.05) is 25.0 Å². The van der Waals surface area contributed by atoms with Crippen molar-refractivity contribution in [3.05, 3.63) is 24.3 Å². The van der Waals surface area contributed by atoms with Gasteiger partial charge in [-0.05, 0) is 37.3 Å². The van der Waals surface area contributed by atoms with Crippen LogP contribution in [0.3, 0.4) is 0 Å². The minimum Gasteiger partial charge on any atom is -0.506 e. The monoisotopic (exact) mass is 296 g/mol. The molecule has 2 fully saturated rings. The van der Waals surface area contributed by atoms with Crippen molar-refractivity contribution in [2.45, 2.75) is 44.2 Å². The van der Waals surface area contributed by atoms with Gasteiger partial charge in [-0.2, -0.15) is 0 Å². The first kappa shape index (κ1) is 15.1. The number of nitrogens with one attached hydrogen (secondary N) is 2. The fraction of sp³-hybridized carbons (Fsp3) is 0.533. The van der Waals surface area contributed by atoms with Crippen LogP contribution < -0.4 is 10.6 Å². The molecule has 20 heavy (non-hydrogen) atoms. The zero-order chi connectivity index (χ0) is 13.2. The van der Waals surface area contributed by atoms with Gasteiger partial charge in [-0.15, -0.1) is 12.4 Å². The van der Waals surface area contributed by atoms with Crippen LogP contribution in [-0.2, 0) is 4.79 Å². The molecule has 1 aliphatic carbocycles. The second-order valence-corrected chi connectivity index (χ2v) is 5.61. The summed E-state index contributed by atoms with van der Waals surface area (Å²) in [5.74, 6) is 0.732. The smallest absolute Gasteiger partial charge is 0.241 e. The van der Waals surface area contributed by atoms with Crippen LogP contribution in [0, 0.1) is 5.92 Å². The lowest BCUT2D eigenvalue weighted by Crippen LogP contribution is -2.39. The highest BCUT2D eigenvalue weighted by Gasteiger charge is 2.38. The first-order valence-corrected chi connectivity index (χ1v) is 7.09.